The van der Waals surface area contributed by atoms with E-state index in [1.54, 1.807) is 25.4 Å². The Labute approximate surface area is 164 Å². The van der Waals surface area contributed by atoms with Crippen LogP contribution in [0.3, 0.4) is 0 Å². The molecule has 1 fully saturated rings. The molecule has 1 aromatic carbocycles. The van der Waals surface area contributed by atoms with Crippen LogP contribution in [0.5, 0.6) is 0 Å². The van der Waals surface area contributed by atoms with Gasteiger partial charge in [0.05, 0.1) is 11.4 Å². The molecule has 1 aliphatic carbocycles. The largest absolute Gasteiger partial charge is 0.339 e. The first kappa shape index (κ1) is 18.8. The number of benzene rings is 1. The van der Waals surface area contributed by atoms with Gasteiger partial charge in [-0.15, -0.1) is 0 Å². The molecule has 0 unspecified atom stereocenters. The average Bonchev–Trinajstić information content (AvgIpc) is 3.09. The standard InChI is InChI=1S/C20H22N4O3S/c1-13-10-18(14(2)9-17(13)16-7-4-8-21-11-16)28(25,26)22-12-19-23-20(27-24-19)15-5-3-6-15/h4,7-11,15,22H,3,5-6,12H2,1-2H3. The first-order chi connectivity index (χ1) is 13.4. The highest BCUT2D eigenvalue weighted by Gasteiger charge is 2.26. The normalized spacial score (nSPS) is 14.8. The Morgan fingerprint density at radius 1 is 1.21 bits per heavy atom. The molecule has 0 bridgehead atoms. The first-order valence-electron chi connectivity index (χ1n) is 9.28. The topological polar surface area (TPSA) is 98.0 Å². The molecule has 0 saturated heterocycles. The van der Waals surface area contributed by atoms with Crippen LogP contribution >= 0.6 is 0 Å². The maximum atomic E-state index is 12.8. The van der Waals surface area contributed by atoms with E-state index < -0.39 is 10.0 Å². The summed E-state index contributed by atoms with van der Waals surface area (Å²) in [5, 5.41) is 3.89. The lowest BCUT2D eigenvalue weighted by Gasteiger charge is -2.20. The van der Waals surface area contributed by atoms with Crippen LogP contribution in [0.15, 0.2) is 46.1 Å². The molecular formula is C20H22N4O3S. The van der Waals surface area contributed by atoms with E-state index in [-0.39, 0.29) is 11.4 Å². The van der Waals surface area contributed by atoms with E-state index in [0.29, 0.717) is 23.2 Å². The van der Waals surface area contributed by atoms with Gasteiger partial charge in [0.2, 0.25) is 15.9 Å². The van der Waals surface area contributed by atoms with Crippen molar-refractivity contribution in [2.24, 2.45) is 0 Å². The molecule has 0 atom stereocenters. The van der Waals surface area contributed by atoms with Crippen molar-refractivity contribution >= 4 is 10.0 Å². The van der Waals surface area contributed by atoms with Gasteiger partial charge in [-0.25, -0.2) is 13.1 Å². The molecule has 1 aliphatic rings. The van der Waals surface area contributed by atoms with Crippen LogP contribution in [0.1, 0.15) is 48.0 Å². The minimum atomic E-state index is -3.70. The molecule has 2 aromatic heterocycles. The van der Waals surface area contributed by atoms with Crippen molar-refractivity contribution in [1.29, 1.82) is 0 Å². The molecule has 0 spiro atoms. The second-order valence-corrected chi connectivity index (χ2v) is 8.91. The van der Waals surface area contributed by atoms with Gasteiger partial charge in [0, 0.05) is 23.9 Å². The maximum Gasteiger partial charge on any atom is 0.241 e. The van der Waals surface area contributed by atoms with E-state index in [0.717, 1.165) is 29.5 Å². The summed E-state index contributed by atoms with van der Waals surface area (Å²) in [5.41, 5.74) is 3.45. The zero-order chi connectivity index (χ0) is 19.7. The molecule has 1 saturated carbocycles. The summed E-state index contributed by atoms with van der Waals surface area (Å²) in [6.45, 7) is 3.68. The Hall–Kier alpha value is -2.58. The van der Waals surface area contributed by atoms with Gasteiger partial charge in [-0.3, -0.25) is 4.98 Å². The minimum absolute atomic E-state index is 0.00139. The van der Waals surface area contributed by atoms with Gasteiger partial charge >= 0.3 is 0 Å². The lowest BCUT2D eigenvalue weighted by molar-refractivity contribution is 0.291. The lowest BCUT2D eigenvalue weighted by atomic mass is 9.85. The summed E-state index contributed by atoms with van der Waals surface area (Å²) >= 11 is 0. The third kappa shape index (κ3) is 3.70. The third-order valence-electron chi connectivity index (χ3n) is 5.14. The zero-order valence-corrected chi connectivity index (χ0v) is 16.7. The van der Waals surface area contributed by atoms with Crippen molar-refractivity contribution in [3.63, 3.8) is 0 Å². The molecule has 7 nitrogen and oxygen atoms in total. The van der Waals surface area contributed by atoms with Gasteiger partial charge in [0.1, 0.15) is 0 Å². The number of aryl methyl sites for hydroxylation is 2. The SMILES string of the molecule is Cc1cc(S(=O)(=O)NCc2noc(C3CCC3)n2)c(C)cc1-c1cccnc1. The number of aromatic nitrogens is 3. The van der Waals surface area contributed by atoms with Gasteiger partial charge in [-0.1, -0.05) is 17.6 Å². The third-order valence-corrected chi connectivity index (χ3v) is 6.69. The fourth-order valence-electron chi connectivity index (χ4n) is 3.31. The van der Waals surface area contributed by atoms with Crippen LogP contribution < -0.4 is 4.72 Å². The second kappa shape index (κ2) is 7.44. The zero-order valence-electron chi connectivity index (χ0n) is 15.8. The number of nitrogens with zero attached hydrogens (tertiary/aromatic N) is 3. The van der Waals surface area contributed by atoms with Crippen molar-refractivity contribution in [2.45, 2.75) is 50.5 Å². The molecule has 0 aliphatic heterocycles. The molecule has 4 rings (SSSR count). The summed E-state index contributed by atoms with van der Waals surface area (Å²) in [4.78, 5) is 8.70. The predicted octanol–water partition coefficient (Wildman–Crippen LogP) is 3.49. The minimum Gasteiger partial charge on any atom is -0.339 e. The summed E-state index contributed by atoms with van der Waals surface area (Å²) in [5.74, 6) is 1.28. The lowest BCUT2D eigenvalue weighted by Crippen LogP contribution is -2.24. The summed E-state index contributed by atoms with van der Waals surface area (Å²) < 4.78 is 33.5. The maximum absolute atomic E-state index is 12.8. The van der Waals surface area contributed by atoms with Crippen LogP contribution in [0.4, 0.5) is 0 Å². The summed E-state index contributed by atoms with van der Waals surface area (Å²) in [6.07, 6.45) is 6.75. The highest BCUT2D eigenvalue weighted by Crippen LogP contribution is 2.35. The Kier molecular flexibility index (Phi) is 4.99. The first-order valence-corrected chi connectivity index (χ1v) is 10.8. The second-order valence-electron chi connectivity index (χ2n) is 7.18. The fourth-order valence-corrected chi connectivity index (χ4v) is 4.60. The van der Waals surface area contributed by atoms with E-state index >= 15 is 0 Å². The monoisotopic (exact) mass is 398 g/mol. The Balaban J connectivity index is 1.53. The Morgan fingerprint density at radius 3 is 2.71 bits per heavy atom. The Bertz CT molecular complexity index is 1090. The van der Waals surface area contributed by atoms with Crippen LogP contribution in [0.2, 0.25) is 0 Å². The molecule has 2 heterocycles. The van der Waals surface area contributed by atoms with Gasteiger partial charge < -0.3 is 4.52 Å². The van der Waals surface area contributed by atoms with Crippen LogP contribution in [-0.4, -0.2) is 23.5 Å². The highest BCUT2D eigenvalue weighted by atomic mass is 32.2. The van der Waals surface area contributed by atoms with Gasteiger partial charge in [0.15, 0.2) is 5.82 Å². The van der Waals surface area contributed by atoms with E-state index in [4.69, 9.17) is 4.52 Å². The number of hydrogen-bond acceptors (Lipinski definition) is 6. The number of rotatable bonds is 6. The molecule has 1 N–H and O–H groups in total. The molecule has 0 amide bonds. The van der Waals surface area contributed by atoms with Crippen LogP contribution in [0.25, 0.3) is 11.1 Å². The number of sulfonamides is 1. The molecule has 0 radical (unpaired) electrons. The van der Waals surface area contributed by atoms with Gasteiger partial charge in [-0.2, -0.15) is 4.98 Å². The van der Waals surface area contributed by atoms with Crippen molar-refractivity contribution in [3.8, 4) is 11.1 Å². The van der Waals surface area contributed by atoms with E-state index in [1.807, 2.05) is 25.1 Å². The average molecular weight is 398 g/mol. The highest BCUT2D eigenvalue weighted by molar-refractivity contribution is 7.89. The van der Waals surface area contributed by atoms with Crippen molar-refractivity contribution in [3.05, 3.63) is 59.5 Å². The number of pyridine rings is 1. The van der Waals surface area contributed by atoms with Crippen LogP contribution in [0, 0.1) is 13.8 Å². The smallest absolute Gasteiger partial charge is 0.241 e. The molecule has 146 valence electrons. The molecular weight excluding hydrogens is 376 g/mol. The predicted molar refractivity (Wildman–Crippen MR) is 104 cm³/mol. The quantitative estimate of drug-likeness (QED) is 0.682. The van der Waals surface area contributed by atoms with Crippen molar-refractivity contribution < 1.29 is 12.9 Å². The summed E-state index contributed by atoms with van der Waals surface area (Å²) in [7, 11) is -3.70. The number of nitrogens with one attached hydrogen (secondary N) is 1. The molecule has 8 heteroatoms. The van der Waals surface area contributed by atoms with Crippen molar-refractivity contribution in [2.75, 3.05) is 0 Å². The Morgan fingerprint density at radius 2 is 2.04 bits per heavy atom. The number of hydrogen-bond donors (Lipinski definition) is 1. The summed E-state index contributed by atoms with van der Waals surface area (Å²) in [6, 6.07) is 7.39. The van der Waals surface area contributed by atoms with Gasteiger partial charge in [-0.05, 0) is 61.6 Å². The molecule has 28 heavy (non-hydrogen) atoms. The van der Waals surface area contributed by atoms with E-state index in [2.05, 4.69) is 19.8 Å². The van der Waals surface area contributed by atoms with Crippen LogP contribution in [-0.2, 0) is 16.6 Å². The van der Waals surface area contributed by atoms with E-state index in [1.165, 1.54) is 6.42 Å². The molecule has 3 aromatic rings. The van der Waals surface area contributed by atoms with E-state index in [9.17, 15) is 8.42 Å². The fraction of sp³-hybridized carbons (Fsp3) is 0.350. The van der Waals surface area contributed by atoms with Gasteiger partial charge in [0.25, 0.3) is 0 Å². The van der Waals surface area contributed by atoms with Crippen molar-refractivity contribution in [1.82, 2.24) is 19.8 Å².